The third-order valence-electron chi connectivity index (χ3n) is 2.75. The summed E-state index contributed by atoms with van der Waals surface area (Å²) >= 11 is 0. The van der Waals surface area contributed by atoms with Gasteiger partial charge in [0.05, 0.1) is 12.7 Å². The molecule has 0 aromatic carbocycles. The molecule has 0 aliphatic carbocycles. The molecule has 0 saturated heterocycles. The fourth-order valence-electron chi connectivity index (χ4n) is 1.90. The van der Waals surface area contributed by atoms with Gasteiger partial charge in [0, 0.05) is 6.42 Å². The molecule has 0 bridgehead atoms. The molecule has 112 valence electrons. The van der Waals surface area contributed by atoms with E-state index in [2.05, 4.69) is 19.2 Å². The monoisotopic (exact) mass is 273 g/mol. The van der Waals surface area contributed by atoms with E-state index in [9.17, 15) is 9.59 Å². The Labute approximate surface area is 115 Å². The van der Waals surface area contributed by atoms with Gasteiger partial charge in [-0.05, 0) is 25.7 Å². The molecule has 1 amide bonds. The van der Waals surface area contributed by atoms with Crippen LogP contribution in [0.3, 0.4) is 0 Å². The molecule has 5 heteroatoms. The molecule has 5 nitrogen and oxygen atoms in total. The zero-order valence-corrected chi connectivity index (χ0v) is 12.4. The van der Waals surface area contributed by atoms with Crippen molar-refractivity contribution in [2.75, 3.05) is 6.61 Å². The SMILES string of the molecule is CCCC(NC(=O)CCOC(C)CC(C)C)C(=O)O. The summed E-state index contributed by atoms with van der Waals surface area (Å²) in [4.78, 5) is 22.5. The predicted molar refractivity (Wildman–Crippen MR) is 74.0 cm³/mol. The van der Waals surface area contributed by atoms with Crippen LogP contribution in [-0.4, -0.2) is 35.7 Å². The maximum atomic E-state index is 11.6. The number of carbonyl (C=O) groups is 2. The molecule has 0 aromatic heterocycles. The molecule has 0 aliphatic heterocycles. The Hall–Kier alpha value is -1.10. The van der Waals surface area contributed by atoms with Crippen LogP contribution in [-0.2, 0) is 14.3 Å². The maximum absolute atomic E-state index is 11.6. The van der Waals surface area contributed by atoms with Crippen LogP contribution in [0.25, 0.3) is 0 Å². The highest BCUT2D eigenvalue weighted by molar-refractivity contribution is 5.83. The Morgan fingerprint density at radius 2 is 1.89 bits per heavy atom. The van der Waals surface area contributed by atoms with Crippen LogP contribution in [0, 0.1) is 5.92 Å². The van der Waals surface area contributed by atoms with Gasteiger partial charge in [0.2, 0.25) is 5.91 Å². The van der Waals surface area contributed by atoms with E-state index in [0.717, 1.165) is 12.8 Å². The fourth-order valence-corrected chi connectivity index (χ4v) is 1.90. The standard InChI is InChI=1S/C14H27NO4/c1-5-6-12(14(17)18)15-13(16)7-8-19-11(4)9-10(2)3/h10-12H,5-9H2,1-4H3,(H,15,16)(H,17,18). The van der Waals surface area contributed by atoms with Crippen LogP contribution >= 0.6 is 0 Å². The molecule has 0 spiro atoms. The van der Waals surface area contributed by atoms with Crippen molar-refractivity contribution < 1.29 is 19.4 Å². The first-order chi connectivity index (χ1) is 8.86. The van der Waals surface area contributed by atoms with Crippen molar-refractivity contribution in [2.24, 2.45) is 5.92 Å². The van der Waals surface area contributed by atoms with Gasteiger partial charge in [0.25, 0.3) is 0 Å². The van der Waals surface area contributed by atoms with E-state index in [1.165, 1.54) is 0 Å². The number of nitrogens with one attached hydrogen (secondary N) is 1. The number of carbonyl (C=O) groups excluding carboxylic acids is 1. The van der Waals surface area contributed by atoms with Gasteiger partial charge in [0.1, 0.15) is 6.04 Å². The molecule has 0 heterocycles. The molecule has 0 aromatic rings. The van der Waals surface area contributed by atoms with Crippen LogP contribution in [0.5, 0.6) is 0 Å². The molecule has 2 unspecified atom stereocenters. The number of aliphatic carboxylic acids is 1. The molecule has 2 atom stereocenters. The zero-order valence-electron chi connectivity index (χ0n) is 12.4. The molecule has 0 saturated carbocycles. The van der Waals surface area contributed by atoms with E-state index >= 15 is 0 Å². The predicted octanol–water partition coefficient (Wildman–Crippen LogP) is 2.20. The average Bonchev–Trinajstić information content (AvgIpc) is 2.27. The lowest BCUT2D eigenvalue weighted by molar-refractivity contribution is -0.142. The van der Waals surface area contributed by atoms with Crippen molar-refractivity contribution in [1.29, 1.82) is 0 Å². The van der Waals surface area contributed by atoms with E-state index in [0.29, 0.717) is 18.9 Å². The van der Waals surface area contributed by atoms with Crippen LogP contribution in [0.15, 0.2) is 0 Å². The second-order valence-corrected chi connectivity index (χ2v) is 5.31. The quantitative estimate of drug-likeness (QED) is 0.640. The average molecular weight is 273 g/mol. The van der Waals surface area contributed by atoms with Crippen LogP contribution in [0.4, 0.5) is 0 Å². The molecule has 2 N–H and O–H groups in total. The van der Waals surface area contributed by atoms with Gasteiger partial charge in [-0.3, -0.25) is 4.79 Å². The van der Waals surface area contributed by atoms with Crippen molar-refractivity contribution >= 4 is 11.9 Å². The first-order valence-electron chi connectivity index (χ1n) is 7.00. The lowest BCUT2D eigenvalue weighted by atomic mass is 10.1. The van der Waals surface area contributed by atoms with Crippen LogP contribution < -0.4 is 5.32 Å². The zero-order chi connectivity index (χ0) is 14.8. The fraction of sp³-hybridized carbons (Fsp3) is 0.857. The summed E-state index contributed by atoms with van der Waals surface area (Å²) in [5.74, 6) is -0.688. The van der Waals surface area contributed by atoms with E-state index in [4.69, 9.17) is 9.84 Å². The second-order valence-electron chi connectivity index (χ2n) is 5.31. The minimum Gasteiger partial charge on any atom is -0.480 e. The maximum Gasteiger partial charge on any atom is 0.326 e. The van der Waals surface area contributed by atoms with Gasteiger partial charge in [-0.25, -0.2) is 4.79 Å². The van der Waals surface area contributed by atoms with E-state index in [1.807, 2.05) is 13.8 Å². The third-order valence-corrected chi connectivity index (χ3v) is 2.75. The molecular weight excluding hydrogens is 246 g/mol. The second kappa shape index (κ2) is 9.78. The molecule has 0 rings (SSSR count). The van der Waals surface area contributed by atoms with Crippen LogP contribution in [0.2, 0.25) is 0 Å². The van der Waals surface area contributed by atoms with Crippen molar-refractivity contribution in [2.45, 2.75) is 65.5 Å². The summed E-state index contributed by atoms with van der Waals surface area (Å²) in [6, 6.07) is -0.786. The van der Waals surface area contributed by atoms with Crippen molar-refractivity contribution in [1.82, 2.24) is 5.32 Å². The third kappa shape index (κ3) is 9.47. The Kier molecular flexibility index (Phi) is 9.21. The largest absolute Gasteiger partial charge is 0.480 e. The minimum atomic E-state index is -0.982. The van der Waals surface area contributed by atoms with Crippen molar-refractivity contribution in [3.8, 4) is 0 Å². The van der Waals surface area contributed by atoms with Gasteiger partial charge < -0.3 is 15.2 Å². The first-order valence-corrected chi connectivity index (χ1v) is 7.00. The number of hydrogen-bond acceptors (Lipinski definition) is 3. The Morgan fingerprint density at radius 3 is 2.37 bits per heavy atom. The number of carboxylic acid groups (broad SMARTS) is 1. The van der Waals surface area contributed by atoms with Gasteiger partial charge >= 0.3 is 5.97 Å². The Morgan fingerprint density at radius 1 is 1.26 bits per heavy atom. The number of hydrogen-bond donors (Lipinski definition) is 2. The first kappa shape index (κ1) is 17.9. The summed E-state index contributed by atoms with van der Waals surface area (Å²) in [5, 5.41) is 11.4. The molecule has 0 aliphatic rings. The van der Waals surface area contributed by atoms with E-state index < -0.39 is 12.0 Å². The summed E-state index contributed by atoms with van der Waals surface area (Å²) in [6.45, 7) is 8.44. The number of rotatable bonds is 10. The highest BCUT2D eigenvalue weighted by Gasteiger charge is 2.18. The van der Waals surface area contributed by atoms with E-state index in [1.54, 1.807) is 0 Å². The van der Waals surface area contributed by atoms with Gasteiger partial charge in [-0.2, -0.15) is 0 Å². The van der Waals surface area contributed by atoms with Crippen molar-refractivity contribution in [3.05, 3.63) is 0 Å². The van der Waals surface area contributed by atoms with Crippen LogP contribution in [0.1, 0.15) is 53.4 Å². The summed E-state index contributed by atoms with van der Waals surface area (Å²) in [6.07, 6.45) is 2.45. The number of amides is 1. The van der Waals surface area contributed by atoms with E-state index in [-0.39, 0.29) is 18.4 Å². The summed E-state index contributed by atoms with van der Waals surface area (Å²) in [5.41, 5.74) is 0. The number of ether oxygens (including phenoxy) is 1. The molecule has 0 radical (unpaired) electrons. The lowest BCUT2D eigenvalue weighted by Crippen LogP contribution is -2.41. The number of carboxylic acids is 1. The molecule has 19 heavy (non-hydrogen) atoms. The molecular formula is C14H27NO4. The highest BCUT2D eigenvalue weighted by Crippen LogP contribution is 2.07. The smallest absolute Gasteiger partial charge is 0.326 e. The Bertz CT molecular complexity index is 279. The highest BCUT2D eigenvalue weighted by atomic mass is 16.5. The van der Waals surface area contributed by atoms with Crippen molar-refractivity contribution in [3.63, 3.8) is 0 Å². The summed E-state index contributed by atoms with van der Waals surface area (Å²) < 4.78 is 5.52. The van der Waals surface area contributed by atoms with Gasteiger partial charge in [-0.15, -0.1) is 0 Å². The van der Waals surface area contributed by atoms with Gasteiger partial charge in [-0.1, -0.05) is 27.2 Å². The normalized spacial score (nSPS) is 14.2. The lowest BCUT2D eigenvalue weighted by Gasteiger charge is -2.16. The minimum absolute atomic E-state index is 0.124. The Balaban J connectivity index is 3.88. The summed E-state index contributed by atoms with van der Waals surface area (Å²) in [7, 11) is 0. The topological polar surface area (TPSA) is 75.6 Å². The molecule has 0 fully saturated rings. The van der Waals surface area contributed by atoms with Gasteiger partial charge in [0.15, 0.2) is 0 Å².